The van der Waals surface area contributed by atoms with Crippen LogP contribution in [0.1, 0.15) is 5.56 Å². The molecule has 0 amide bonds. The third kappa shape index (κ3) is 2.18. The highest BCUT2D eigenvalue weighted by molar-refractivity contribution is 5.93. The molecule has 0 fully saturated rings. The van der Waals surface area contributed by atoms with Crippen LogP contribution in [0.4, 0.5) is 0 Å². The number of hydrogen-bond acceptors (Lipinski definition) is 3. The number of nitrogens with one attached hydrogen (secondary N) is 1. The maximum Gasteiger partial charge on any atom is 0.115 e. The van der Waals surface area contributed by atoms with E-state index < -0.39 is 0 Å². The van der Waals surface area contributed by atoms with Gasteiger partial charge >= 0.3 is 0 Å². The molecule has 4 aromatic rings. The van der Waals surface area contributed by atoms with Crippen molar-refractivity contribution in [1.82, 2.24) is 25.0 Å². The first kappa shape index (κ1) is 11.8. The number of aromatic amines is 1. The van der Waals surface area contributed by atoms with Gasteiger partial charge in [-0.2, -0.15) is 0 Å². The van der Waals surface area contributed by atoms with E-state index in [-0.39, 0.29) is 0 Å². The number of rotatable bonds is 3. The van der Waals surface area contributed by atoms with E-state index in [2.05, 4.69) is 32.4 Å². The Labute approximate surface area is 121 Å². The van der Waals surface area contributed by atoms with Gasteiger partial charge in [-0.05, 0) is 11.6 Å². The van der Waals surface area contributed by atoms with Crippen LogP contribution in [-0.4, -0.2) is 25.0 Å². The lowest BCUT2D eigenvalue weighted by atomic mass is 10.1. The van der Waals surface area contributed by atoms with E-state index in [4.69, 9.17) is 0 Å². The second kappa shape index (κ2) is 4.86. The lowest BCUT2D eigenvalue weighted by Crippen LogP contribution is -1.99. The van der Waals surface area contributed by atoms with Crippen LogP contribution in [0, 0.1) is 0 Å². The molecule has 3 aromatic heterocycles. The van der Waals surface area contributed by atoms with E-state index in [1.165, 1.54) is 5.56 Å². The van der Waals surface area contributed by atoms with E-state index in [0.717, 1.165) is 28.7 Å². The van der Waals surface area contributed by atoms with Crippen LogP contribution in [0.5, 0.6) is 0 Å². The zero-order valence-corrected chi connectivity index (χ0v) is 11.3. The summed E-state index contributed by atoms with van der Waals surface area (Å²) in [6.07, 6.45) is 7.51. The van der Waals surface area contributed by atoms with Gasteiger partial charge in [0.15, 0.2) is 0 Å². The molecule has 0 saturated carbocycles. The molecule has 1 aromatic carbocycles. The third-order valence-electron chi connectivity index (χ3n) is 3.49. The van der Waals surface area contributed by atoms with Crippen molar-refractivity contribution in [3.8, 4) is 11.3 Å². The minimum absolute atomic E-state index is 0.720. The fourth-order valence-electron chi connectivity index (χ4n) is 2.45. The Morgan fingerprint density at radius 3 is 2.90 bits per heavy atom. The fourth-order valence-corrected chi connectivity index (χ4v) is 2.45. The second-order valence-electron chi connectivity index (χ2n) is 4.91. The van der Waals surface area contributed by atoms with Crippen LogP contribution in [0.2, 0.25) is 0 Å². The maximum absolute atomic E-state index is 4.28. The molecule has 1 N–H and O–H groups in total. The Morgan fingerprint density at radius 2 is 2.00 bits per heavy atom. The monoisotopic (exact) mass is 275 g/mol. The first-order valence-corrected chi connectivity index (χ1v) is 6.76. The van der Waals surface area contributed by atoms with Crippen molar-refractivity contribution in [2.24, 2.45) is 0 Å². The zero-order valence-electron chi connectivity index (χ0n) is 11.3. The highest BCUT2D eigenvalue weighted by Crippen LogP contribution is 2.25. The summed E-state index contributed by atoms with van der Waals surface area (Å²) in [5.41, 5.74) is 4.12. The first-order valence-electron chi connectivity index (χ1n) is 6.76. The van der Waals surface area contributed by atoms with Crippen molar-refractivity contribution in [3.63, 3.8) is 0 Å². The Balaban J connectivity index is 1.68. The van der Waals surface area contributed by atoms with Crippen molar-refractivity contribution in [2.45, 2.75) is 6.54 Å². The average Bonchev–Trinajstić information content (AvgIpc) is 3.14. The summed E-state index contributed by atoms with van der Waals surface area (Å²) >= 11 is 0. The second-order valence-corrected chi connectivity index (χ2v) is 4.91. The Hall–Kier alpha value is -2.95. The van der Waals surface area contributed by atoms with Gasteiger partial charge in [0.2, 0.25) is 0 Å². The van der Waals surface area contributed by atoms with Gasteiger partial charge in [0.25, 0.3) is 0 Å². The standard InChI is InChI=1S/C16H13N5/c1-2-4-12(5-3-1)10-21-11-16(19-20-21)14-8-18-15-9-17-7-6-13(14)15/h1-9,11,18H,10H2. The molecule has 4 rings (SSSR count). The van der Waals surface area contributed by atoms with Crippen molar-refractivity contribution in [3.05, 3.63) is 66.7 Å². The van der Waals surface area contributed by atoms with Crippen LogP contribution in [0.3, 0.4) is 0 Å². The smallest absolute Gasteiger partial charge is 0.115 e. The molecule has 0 atom stereocenters. The van der Waals surface area contributed by atoms with Crippen LogP contribution in [0.15, 0.2) is 61.2 Å². The average molecular weight is 275 g/mol. The molecule has 0 bridgehead atoms. The van der Waals surface area contributed by atoms with Gasteiger partial charge < -0.3 is 4.98 Å². The van der Waals surface area contributed by atoms with Crippen LogP contribution < -0.4 is 0 Å². The number of H-pyrrole nitrogens is 1. The molecule has 0 spiro atoms. The molecule has 0 aliphatic rings. The molecule has 0 aliphatic heterocycles. The normalized spacial score (nSPS) is 11.0. The van der Waals surface area contributed by atoms with Gasteiger partial charge in [0, 0.05) is 23.3 Å². The molecule has 0 aliphatic carbocycles. The number of pyridine rings is 1. The molecule has 0 radical (unpaired) electrons. The van der Waals surface area contributed by atoms with E-state index in [1.54, 1.807) is 6.20 Å². The summed E-state index contributed by atoms with van der Waals surface area (Å²) in [6, 6.07) is 12.2. The highest BCUT2D eigenvalue weighted by atomic mass is 15.4. The van der Waals surface area contributed by atoms with Crippen molar-refractivity contribution < 1.29 is 0 Å². The first-order chi connectivity index (χ1) is 10.4. The predicted octanol–water partition coefficient (Wildman–Crippen LogP) is 2.87. The third-order valence-corrected chi connectivity index (χ3v) is 3.49. The minimum Gasteiger partial charge on any atom is -0.359 e. The van der Waals surface area contributed by atoms with Gasteiger partial charge in [0.05, 0.1) is 24.5 Å². The zero-order chi connectivity index (χ0) is 14.1. The summed E-state index contributed by atoms with van der Waals surface area (Å²) < 4.78 is 1.85. The molecular weight excluding hydrogens is 262 g/mol. The van der Waals surface area contributed by atoms with Gasteiger partial charge in [-0.15, -0.1) is 5.10 Å². The predicted molar refractivity (Wildman–Crippen MR) is 80.7 cm³/mol. The van der Waals surface area contributed by atoms with Crippen molar-refractivity contribution >= 4 is 10.9 Å². The van der Waals surface area contributed by atoms with E-state index in [1.807, 2.05) is 47.5 Å². The fraction of sp³-hybridized carbons (Fsp3) is 0.0625. The number of benzene rings is 1. The van der Waals surface area contributed by atoms with Gasteiger partial charge in [-0.25, -0.2) is 4.68 Å². The van der Waals surface area contributed by atoms with Crippen molar-refractivity contribution in [1.29, 1.82) is 0 Å². The highest BCUT2D eigenvalue weighted by Gasteiger charge is 2.09. The molecule has 102 valence electrons. The van der Waals surface area contributed by atoms with E-state index >= 15 is 0 Å². The minimum atomic E-state index is 0.720. The number of hydrogen-bond donors (Lipinski definition) is 1. The largest absolute Gasteiger partial charge is 0.359 e. The molecule has 5 heteroatoms. The topological polar surface area (TPSA) is 59.4 Å². The molecule has 5 nitrogen and oxygen atoms in total. The summed E-state index contributed by atoms with van der Waals surface area (Å²) in [6.45, 7) is 0.720. The molecule has 0 saturated heterocycles. The van der Waals surface area contributed by atoms with Gasteiger partial charge in [0.1, 0.15) is 5.69 Å². The Bertz CT molecular complexity index is 876. The van der Waals surface area contributed by atoms with Crippen LogP contribution in [-0.2, 0) is 6.54 Å². The van der Waals surface area contributed by atoms with E-state index in [9.17, 15) is 0 Å². The van der Waals surface area contributed by atoms with Crippen molar-refractivity contribution in [2.75, 3.05) is 0 Å². The Kier molecular flexibility index (Phi) is 2.74. The maximum atomic E-state index is 4.28. The lowest BCUT2D eigenvalue weighted by molar-refractivity contribution is 0.650. The molecule has 0 unspecified atom stereocenters. The SMILES string of the molecule is c1ccc(Cn2cc(-c3c[nH]c4cnccc34)nn2)cc1. The van der Waals surface area contributed by atoms with Gasteiger partial charge in [-0.1, -0.05) is 35.5 Å². The summed E-state index contributed by atoms with van der Waals surface area (Å²) in [5, 5.41) is 9.60. The lowest BCUT2D eigenvalue weighted by Gasteiger charge is -1.99. The summed E-state index contributed by atoms with van der Waals surface area (Å²) in [4.78, 5) is 7.31. The van der Waals surface area contributed by atoms with Crippen LogP contribution >= 0.6 is 0 Å². The quantitative estimate of drug-likeness (QED) is 0.625. The molecular formula is C16H13N5. The number of fused-ring (bicyclic) bond motifs is 1. The summed E-state index contributed by atoms with van der Waals surface area (Å²) in [5.74, 6) is 0. The number of nitrogens with zero attached hydrogens (tertiary/aromatic N) is 4. The Morgan fingerprint density at radius 1 is 1.10 bits per heavy atom. The molecule has 3 heterocycles. The van der Waals surface area contributed by atoms with Gasteiger partial charge in [-0.3, -0.25) is 4.98 Å². The van der Waals surface area contributed by atoms with E-state index in [0.29, 0.717) is 0 Å². The number of aromatic nitrogens is 5. The molecule has 21 heavy (non-hydrogen) atoms. The summed E-state index contributed by atoms with van der Waals surface area (Å²) in [7, 11) is 0. The van der Waals surface area contributed by atoms with Crippen LogP contribution in [0.25, 0.3) is 22.2 Å².